The Labute approximate surface area is 107 Å². The minimum absolute atomic E-state index is 0.317. The van der Waals surface area contributed by atoms with Gasteiger partial charge in [-0.25, -0.2) is 9.18 Å². The zero-order valence-corrected chi connectivity index (χ0v) is 10.9. The van der Waals surface area contributed by atoms with Crippen molar-refractivity contribution in [2.45, 2.75) is 76.8 Å². The van der Waals surface area contributed by atoms with Gasteiger partial charge in [-0.1, -0.05) is 58.3 Å². The van der Waals surface area contributed by atoms with Crippen molar-refractivity contribution in [3.63, 3.8) is 0 Å². The van der Waals surface area contributed by atoms with Gasteiger partial charge < -0.3 is 5.11 Å². The largest absolute Gasteiger partial charge is 0.477 e. The Hall–Kier alpha value is -0.740. The van der Waals surface area contributed by atoms with E-state index >= 15 is 0 Å². The van der Waals surface area contributed by atoms with Crippen LogP contribution in [0.4, 0.5) is 13.2 Å². The molecule has 1 N–H and O–H groups in total. The van der Waals surface area contributed by atoms with Gasteiger partial charge in [0.25, 0.3) is 0 Å². The molecule has 0 aromatic heterocycles. The van der Waals surface area contributed by atoms with Gasteiger partial charge in [0.15, 0.2) is 6.17 Å². The van der Waals surface area contributed by atoms with Crippen molar-refractivity contribution >= 4 is 5.97 Å². The van der Waals surface area contributed by atoms with E-state index in [9.17, 15) is 18.0 Å². The maximum Gasteiger partial charge on any atom is 0.377 e. The first kappa shape index (κ1) is 17.3. The molecule has 0 aliphatic heterocycles. The number of carbonyl (C=O) groups is 1. The minimum Gasteiger partial charge on any atom is -0.477 e. The molecule has 0 rings (SSSR count). The lowest BCUT2D eigenvalue weighted by molar-refractivity contribution is -0.175. The normalized spacial score (nSPS) is 13.6. The number of alkyl halides is 3. The van der Waals surface area contributed by atoms with Gasteiger partial charge in [0.1, 0.15) is 0 Å². The molecule has 0 aromatic rings. The zero-order valence-electron chi connectivity index (χ0n) is 10.9. The van der Waals surface area contributed by atoms with Gasteiger partial charge in [-0.3, -0.25) is 0 Å². The molecule has 0 fully saturated rings. The number of carboxylic acid groups (broad SMARTS) is 1. The summed E-state index contributed by atoms with van der Waals surface area (Å²) in [7, 11) is 0. The quantitative estimate of drug-likeness (QED) is 0.557. The molecule has 0 aliphatic rings. The average molecular weight is 268 g/mol. The maximum atomic E-state index is 13.0. The van der Waals surface area contributed by atoms with Gasteiger partial charge in [0.2, 0.25) is 0 Å². The molecule has 1 unspecified atom stereocenters. The average Bonchev–Trinajstić information content (AvgIpc) is 2.32. The minimum atomic E-state index is -4.25. The van der Waals surface area contributed by atoms with E-state index in [-0.39, 0.29) is 6.42 Å². The van der Waals surface area contributed by atoms with E-state index in [2.05, 4.69) is 6.92 Å². The van der Waals surface area contributed by atoms with Gasteiger partial charge in [0, 0.05) is 0 Å². The summed E-state index contributed by atoms with van der Waals surface area (Å²) >= 11 is 0. The summed E-state index contributed by atoms with van der Waals surface area (Å²) in [6, 6.07) is 0. The lowest BCUT2D eigenvalue weighted by Crippen LogP contribution is -2.38. The molecule has 0 radical (unpaired) electrons. The van der Waals surface area contributed by atoms with E-state index in [0.717, 1.165) is 19.3 Å². The fraction of sp³-hybridized carbons (Fsp3) is 0.923. The molecular formula is C13H23F3O2. The molecule has 5 heteroatoms. The molecule has 0 saturated carbocycles. The van der Waals surface area contributed by atoms with Crippen LogP contribution >= 0.6 is 0 Å². The summed E-state index contributed by atoms with van der Waals surface area (Å²) in [6.45, 7) is 2.13. The van der Waals surface area contributed by atoms with Crippen LogP contribution in [0.5, 0.6) is 0 Å². The topological polar surface area (TPSA) is 37.3 Å². The summed E-state index contributed by atoms with van der Waals surface area (Å²) in [4.78, 5) is 10.1. The van der Waals surface area contributed by atoms with E-state index in [0.29, 0.717) is 12.8 Å². The second-order valence-corrected chi connectivity index (χ2v) is 4.66. The van der Waals surface area contributed by atoms with E-state index < -0.39 is 18.1 Å². The van der Waals surface area contributed by atoms with Crippen LogP contribution in [0, 0.1) is 0 Å². The fourth-order valence-corrected chi connectivity index (χ4v) is 1.77. The van der Waals surface area contributed by atoms with E-state index in [1.165, 1.54) is 19.3 Å². The van der Waals surface area contributed by atoms with Crippen molar-refractivity contribution in [3.05, 3.63) is 0 Å². The lowest BCUT2D eigenvalue weighted by atomic mass is 10.0. The van der Waals surface area contributed by atoms with Crippen molar-refractivity contribution in [2.24, 2.45) is 0 Å². The Kier molecular flexibility index (Phi) is 8.85. The first-order chi connectivity index (χ1) is 8.42. The first-order valence-electron chi connectivity index (χ1n) is 6.68. The molecule has 108 valence electrons. The Balaban J connectivity index is 3.52. The third-order valence-corrected chi connectivity index (χ3v) is 2.99. The number of unbranched alkanes of at least 4 members (excludes halogenated alkanes) is 7. The summed E-state index contributed by atoms with van der Waals surface area (Å²) < 4.78 is 38.3. The number of carboxylic acids is 1. The van der Waals surface area contributed by atoms with Crippen LogP contribution in [0.25, 0.3) is 0 Å². The summed E-state index contributed by atoms with van der Waals surface area (Å²) in [5.74, 6) is -6.63. The highest BCUT2D eigenvalue weighted by Gasteiger charge is 2.47. The molecule has 0 saturated heterocycles. The monoisotopic (exact) mass is 268 g/mol. The Morgan fingerprint density at radius 1 is 1.06 bits per heavy atom. The highest BCUT2D eigenvalue weighted by molar-refractivity contribution is 5.76. The SMILES string of the molecule is CCCCCCCCCCC(F)C(F)(F)C(=O)O. The third kappa shape index (κ3) is 6.87. The molecular weight excluding hydrogens is 245 g/mol. The van der Waals surface area contributed by atoms with Gasteiger partial charge in [-0.2, -0.15) is 8.78 Å². The molecule has 0 heterocycles. The number of rotatable bonds is 11. The number of halogens is 3. The van der Waals surface area contributed by atoms with Crippen LogP contribution in [0.1, 0.15) is 64.7 Å². The van der Waals surface area contributed by atoms with Crippen molar-refractivity contribution < 1.29 is 23.1 Å². The van der Waals surface area contributed by atoms with Gasteiger partial charge in [-0.05, 0) is 6.42 Å². The van der Waals surface area contributed by atoms with Gasteiger partial charge in [0.05, 0.1) is 0 Å². The smallest absolute Gasteiger partial charge is 0.377 e. The van der Waals surface area contributed by atoms with E-state index in [4.69, 9.17) is 5.11 Å². The van der Waals surface area contributed by atoms with Crippen LogP contribution in [0.15, 0.2) is 0 Å². The molecule has 0 aliphatic carbocycles. The fourth-order valence-electron chi connectivity index (χ4n) is 1.77. The number of hydrogen-bond donors (Lipinski definition) is 1. The second-order valence-electron chi connectivity index (χ2n) is 4.66. The molecule has 0 bridgehead atoms. The van der Waals surface area contributed by atoms with Crippen molar-refractivity contribution in [3.8, 4) is 0 Å². The van der Waals surface area contributed by atoms with Crippen LogP contribution in [-0.2, 0) is 4.79 Å². The molecule has 18 heavy (non-hydrogen) atoms. The third-order valence-electron chi connectivity index (χ3n) is 2.99. The summed E-state index contributed by atoms with van der Waals surface area (Å²) in [6.07, 6.45) is 4.66. The highest BCUT2D eigenvalue weighted by Crippen LogP contribution is 2.26. The van der Waals surface area contributed by atoms with Crippen molar-refractivity contribution in [2.75, 3.05) is 0 Å². The van der Waals surface area contributed by atoms with Crippen LogP contribution in [0.2, 0.25) is 0 Å². The van der Waals surface area contributed by atoms with Crippen LogP contribution in [-0.4, -0.2) is 23.2 Å². The molecule has 0 aromatic carbocycles. The van der Waals surface area contributed by atoms with E-state index in [1.807, 2.05) is 0 Å². The molecule has 1 atom stereocenters. The molecule has 0 amide bonds. The Bertz CT molecular complexity index is 232. The first-order valence-corrected chi connectivity index (χ1v) is 6.68. The van der Waals surface area contributed by atoms with Gasteiger partial charge >= 0.3 is 11.9 Å². The van der Waals surface area contributed by atoms with Crippen molar-refractivity contribution in [1.82, 2.24) is 0 Å². The number of hydrogen-bond acceptors (Lipinski definition) is 1. The van der Waals surface area contributed by atoms with Gasteiger partial charge in [-0.15, -0.1) is 0 Å². The lowest BCUT2D eigenvalue weighted by Gasteiger charge is -2.15. The summed E-state index contributed by atoms with van der Waals surface area (Å²) in [5, 5.41) is 8.14. The number of aliphatic carboxylic acids is 1. The Morgan fingerprint density at radius 2 is 1.50 bits per heavy atom. The Morgan fingerprint density at radius 3 is 1.94 bits per heavy atom. The standard InChI is InChI=1S/C13H23F3O2/c1-2-3-4-5-6-7-8-9-10-11(14)13(15,16)12(17)18/h11H,2-10H2,1H3,(H,17,18). The predicted octanol–water partition coefficient (Wildman–Crippen LogP) is 4.58. The zero-order chi connectivity index (χ0) is 14.0. The maximum absolute atomic E-state index is 13.0. The molecule has 2 nitrogen and oxygen atoms in total. The summed E-state index contributed by atoms with van der Waals surface area (Å²) in [5.41, 5.74) is 0. The molecule has 0 spiro atoms. The predicted molar refractivity (Wildman–Crippen MR) is 64.7 cm³/mol. The van der Waals surface area contributed by atoms with Crippen molar-refractivity contribution in [1.29, 1.82) is 0 Å². The highest BCUT2D eigenvalue weighted by atomic mass is 19.3. The second kappa shape index (κ2) is 9.22. The van der Waals surface area contributed by atoms with Crippen LogP contribution in [0.3, 0.4) is 0 Å². The van der Waals surface area contributed by atoms with E-state index in [1.54, 1.807) is 0 Å². The van der Waals surface area contributed by atoms with Crippen LogP contribution < -0.4 is 0 Å².